The lowest BCUT2D eigenvalue weighted by atomic mass is 10.1. The van der Waals surface area contributed by atoms with E-state index in [1.54, 1.807) is 6.07 Å². The Kier molecular flexibility index (Phi) is 3.43. The molecule has 0 amide bonds. The Morgan fingerprint density at radius 3 is 2.35 bits per heavy atom. The average molecular weight is 230 g/mol. The summed E-state index contributed by atoms with van der Waals surface area (Å²) < 4.78 is 18.6. The largest absolute Gasteiger partial charge is 0.489 e. The van der Waals surface area contributed by atoms with E-state index >= 15 is 0 Å². The Balaban J connectivity index is 2.04. The summed E-state index contributed by atoms with van der Waals surface area (Å²) in [4.78, 5) is 0. The number of benzene rings is 2. The molecule has 0 N–H and O–H groups in total. The first-order chi connectivity index (χ1) is 8.15. The highest BCUT2D eigenvalue weighted by atomic mass is 19.1. The summed E-state index contributed by atoms with van der Waals surface area (Å²) in [5.74, 6) is 0.626. The Bertz CT molecular complexity index is 503. The Hall–Kier alpha value is -1.83. The number of hydrogen-bond acceptors (Lipinski definition) is 1. The molecule has 17 heavy (non-hydrogen) atoms. The lowest BCUT2D eigenvalue weighted by molar-refractivity contribution is 0.305. The van der Waals surface area contributed by atoms with Crippen LogP contribution in [0.4, 0.5) is 4.39 Å². The molecule has 0 atom stereocenters. The average Bonchev–Trinajstić information content (AvgIpc) is 2.30. The number of halogens is 1. The first kappa shape index (κ1) is 11.6. The molecule has 0 bridgehead atoms. The Morgan fingerprint density at radius 2 is 1.71 bits per heavy atom. The van der Waals surface area contributed by atoms with Crippen LogP contribution in [-0.4, -0.2) is 0 Å². The van der Waals surface area contributed by atoms with Gasteiger partial charge in [-0.1, -0.05) is 23.8 Å². The zero-order valence-corrected chi connectivity index (χ0v) is 10.0. The topological polar surface area (TPSA) is 9.23 Å². The van der Waals surface area contributed by atoms with Crippen molar-refractivity contribution in [1.82, 2.24) is 0 Å². The van der Waals surface area contributed by atoms with Crippen molar-refractivity contribution in [3.63, 3.8) is 0 Å². The standard InChI is InChI=1S/C15H15FO/c1-11-3-7-15(8-4-11)17-10-13-5-6-14(16)9-12(13)2/h3-9H,10H2,1-2H3. The van der Waals surface area contributed by atoms with E-state index in [2.05, 4.69) is 0 Å². The minimum absolute atomic E-state index is 0.207. The normalized spacial score (nSPS) is 10.3. The van der Waals surface area contributed by atoms with Gasteiger partial charge in [0.05, 0.1) is 0 Å². The maximum Gasteiger partial charge on any atom is 0.123 e. The minimum Gasteiger partial charge on any atom is -0.489 e. The fourth-order valence-electron chi connectivity index (χ4n) is 1.62. The molecule has 2 aromatic rings. The molecule has 2 rings (SSSR count). The van der Waals surface area contributed by atoms with Crippen LogP contribution in [0.5, 0.6) is 5.75 Å². The van der Waals surface area contributed by atoms with Crippen molar-refractivity contribution in [3.8, 4) is 5.75 Å². The zero-order chi connectivity index (χ0) is 12.3. The summed E-state index contributed by atoms with van der Waals surface area (Å²) in [6, 6.07) is 12.6. The maximum absolute atomic E-state index is 12.9. The third-order valence-corrected chi connectivity index (χ3v) is 2.72. The van der Waals surface area contributed by atoms with Crippen LogP contribution in [0.2, 0.25) is 0 Å². The van der Waals surface area contributed by atoms with Crippen molar-refractivity contribution in [2.75, 3.05) is 0 Å². The molecule has 0 unspecified atom stereocenters. The van der Waals surface area contributed by atoms with E-state index in [1.165, 1.54) is 17.7 Å². The van der Waals surface area contributed by atoms with Gasteiger partial charge in [-0.25, -0.2) is 4.39 Å². The summed E-state index contributed by atoms with van der Waals surface area (Å²) >= 11 is 0. The molecule has 0 spiro atoms. The molecule has 0 aliphatic carbocycles. The molecule has 0 aliphatic heterocycles. The van der Waals surface area contributed by atoms with Crippen molar-refractivity contribution >= 4 is 0 Å². The number of rotatable bonds is 3. The summed E-state index contributed by atoms with van der Waals surface area (Å²) in [7, 11) is 0. The third-order valence-electron chi connectivity index (χ3n) is 2.72. The van der Waals surface area contributed by atoms with Crippen LogP contribution in [-0.2, 0) is 6.61 Å². The molecule has 1 nitrogen and oxygen atoms in total. The van der Waals surface area contributed by atoms with E-state index in [9.17, 15) is 4.39 Å². The van der Waals surface area contributed by atoms with Gasteiger partial charge < -0.3 is 4.74 Å². The van der Waals surface area contributed by atoms with Crippen molar-refractivity contribution in [2.24, 2.45) is 0 Å². The van der Waals surface area contributed by atoms with Crippen LogP contribution in [0.25, 0.3) is 0 Å². The molecule has 88 valence electrons. The quantitative estimate of drug-likeness (QED) is 0.773. The number of ether oxygens (including phenoxy) is 1. The molecule has 0 fully saturated rings. The van der Waals surface area contributed by atoms with Crippen molar-refractivity contribution in [1.29, 1.82) is 0 Å². The summed E-state index contributed by atoms with van der Waals surface area (Å²) in [6.07, 6.45) is 0. The van der Waals surface area contributed by atoms with Crippen LogP contribution in [0.15, 0.2) is 42.5 Å². The zero-order valence-electron chi connectivity index (χ0n) is 10.0. The molecule has 0 aliphatic rings. The first-order valence-electron chi connectivity index (χ1n) is 5.59. The van der Waals surface area contributed by atoms with E-state index in [0.717, 1.165) is 16.9 Å². The van der Waals surface area contributed by atoms with Crippen LogP contribution in [0, 0.1) is 19.7 Å². The van der Waals surface area contributed by atoms with Gasteiger partial charge in [-0.05, 0) is 49.2 Å². The highest BCUT2D eigenvalue weighted by Gasteiger charge is 2.01. The lowest BCUT2D eigenvalue weighted by Gasteiger charge is -2.09. The second kappa shape index (κ2) is 5.00. The molecule has 2 heteroatoms. The molecule has 0 saturated carbocycles. The van der Waals surface area contributed by atoms with Crippen LogP contribution in [0.3, 0.4) is 0 Å². The monoisotopic (exact) mass is 230 g/mol. The lowest BCUT2D eigenvalue weighted by Crippen LogP contribution is -1.98. The molecule has 0 radical (unpaired) electrons. The molecule has 0 aromatic heterocycles. The van der Waals surface area contributed by atoms with Crippen LogP contribution >= 0.6 is 0 Å². The molecular formula is C15H15FO. The predicted octanol–water partition coefficient (Wildman–Crippen LogP) is 4.02. The van der Waals surface area contributed by atoms with Gasteiger partial charge in [0.2, 0.25) is 0 Å². The van der Waals surface area contributed by atoms with Crippen molar-refractivity contribution in [3.05, 3.63) is 65.0 Å². The summed E-state index contributed by atoms with van der Waals surface area (Å²) in [5.41, 5.74) is 3.12. The molecular weight excluding hydrogens is 215 g/mol. The van der Waals surface area contributed by atoms with Gasteiger partial charge in [-0.15, -0.1) is 0 Å². The van der Waals surface area contributed by atoms with Gasteiger partial charge in [0.25, 0.3) is 0 Å². The van der Waals surface area contributed by atoms with E-state index in [0.29, 0.717) is 6.61 Å². The highest BCUT2D eigenvalue weighted by Crippen LogP contribution is 2.16. The fraction of sp³-hybridized carbons (Fsp3) is 0.200. The summed E-state index contributed by atoms with van der Waals surface area (Å²) in [6.45, 7) is 4.39. The number of aryl methyl sites for hydroxylation is 2. The Labute approximate surface area is 101 Å². The molecule has 0 heterocycles. The Morgan fingerprint density at radius 1 is 1.00 bits per heavy atom. The van der Waals surface area contributed by atoms with Crippen LogP contribution < -0.4 is 4.74 Å². The van der Waals surface area contributed by atoms with Gasteiger partial charge in [0.15, 0.2) is 0 Å². The second-order valence-electron chi connectivity index (χ2n) is 4.17. The van der Waals surface area contributed by atoms with Crippen LogP contribution in [0.1, 0.15) is 16.7 Å². The SMILES string of the molecule is Cc1ccc(OCc2ccc(F)cc2C)cc1. The van der Waals surface area contributed by atoms with E-state index in [1.807, 2.05) is 38.1 Å². The minimum atomic E-state index is -0.207. The number of hydrogen-bond donors (Lipinski definition) is 0. The van der Waals surface area contributed by atoms with Gasteiger partial charge >= 0.3 is 0 Å². The van der Waals surface area contributed by atoms with E-state index in [-0.39, 0.29) is 5.82 Å². The second-order valence-corrected chi connectivity index (χ2v) is 4.17. The third kappa shape index (κ3) is 3.06. The maximum atomic E-state index is 12.9. The molecule has 2 aromatic carbocycles. The van der Waals surface area contributed by atoms with Gasteiger partial charge in [0.1, 0.15) is 18.2 Å². The summed E-state index contributed by atoms with van der Waals surface area (Å²) in [5, 5.41) is 0. The van der Waals surface area contributed by atoms with E-state index in [4.69, 9.17) is 4.74 Å². The first-order valence-corrected chi connectivity index (χ1v) is 5.59. The van der Waals surface area contributed by atoms with E-state index < -0.39 is 0 Å². The highest BCUT2D eigenvalue weighted by molar-refractivity contribution is 5.29. The van der Waals surface area contributed by atoms with Gasteiger partial charge in [-0.3, -0.25) is 0 Å². The fourth-order valence-corrected chi connectivity index (χ4v) is 1.62. The molecule has 0 saturated heterocycles. The van der Waals surface area contributed by atoms with Crippen molar-refractivity contribution < 1.29 is 9.13 Å². The smallest absolute Gasteiger partial charge is 0.123 e. The van der Waals surface area contributed by atoms with Gasteiger partial charge in [0, 0.05) is 0 Å². The predicted molar refractivity (Wildman–Crippen MR) is 66.6 cm³/mol. The van der Waals surface area contributed by atoms with Gasteiger partial charge in [-0.2, -0.15) is 0 Å². The van der Waals surface area contributed by atoms with Crippen molar-refractivity contribution in [2.45, 2.75) is 20.5 Å².